The zero-order valence-electron chi connectivity index (χ0n) is 25.2. The van der Waals surface area contributed by atoms with Gasteiger partial charge in [-0.1, -0.05) is 11.7 Å². The number of amides is 1. The average Bonchev–Trinajstić information content (AvgIpc) is 3.66. The standard InChI is InChI=1S/C31H39N9O2S/c1-5-26(41)40-15-11-38(12-16-40)21-17-23(34-25(18-21)39-13-9-37(10-14-39)20(2)3)29-35-30(42-36-29)31(4)8-6-7-24-27(31)22(19-32)28(33)43-24/h5,17-18,20H,1,6-16,33H2,2-4H3. The normalized spacial score (nSPS) is 21.1. The summed E-state index contributed by atoms with van der Waals surface area (Å²) in [4.78, 5) is 32.2. The number of anilines is 3. The van der Waals surface area contributed by atoms with E-state index in [0.717, 1.165) is 67.4 Å². The third-order valence-corrected chi connectivity index (χ3v) is 10.3. The maximum atomic E-state index is 12.2. The summed E-state index contributed by atoms with van der Waals surface area (Å²) in [5.41, 5.74) is 8.76. The van der Waals surface area contributed by atoms with Crippen LogP contribution in [0.4, 0.5) is 16.5 Å². The number of carbonyl (C=O) groups excluding carboxylic acids is 1. The number of nitrogens with two attached hydrogens (primary N) is 1. The van der Waals surface area contributed by atoms with Gasteiger partial charge in [0.25, 0.3) is 0 Å². The van der Waals surface area contributed by atoms with E-state index < -0.39 is 5.41 Å². The van der Waals surface area contributed by atoms with E-state index in [-0.39, 0.29) is 5.91 Å². The Labute approximate surface area is 256 Å². The third-order valence-electron chi connectivity index (χ3n) is 9.18. The molecule has 43 heavy (non-hydrogen) atoms. The first-order valence-electron chi connectivity index (χ1n) is 15.1. The molecule has 1 aliphatic carbocycles. The molecule has 6 rings (SSSR count). The molecule has 12 heteroatoms. The fourth-order valence-corrected chi connectivity index (χ4v) is 7.79. The molecule has 3 aromatic heterocycles. The second kappa shape index (κ2) is 11.6. The van der Waals surface area contributed by atoms with Gasteiger partial charge in [-0.3, -0.25) is 9.69 Å². The van der Waals surface area contributed by atoms with Crippen LogP contribution >= 0.6 is 11.3 Å². The van der Waals surface area contributed by atoms with Gasteiger partial charge < -0.3 is 25.0 Å². The molecule has 0 bridgehead atoms. The van der Waals surface area contributed by atoms with Crippen LogP contribution in [0, 0.1) is 11.3 Å². The van der Waals surface area contributed by atoms with Crippen LogP contribution in [0.2, 0.25) is 0 Å². The zero-order chi connectivity index (χ0) is 30.3. The van der Waals surface area contributed by atoms with Crippen molar-refractivity contribution >= 4 is 33.8 Å². The number of aromatic nitrogens is 3. The van der Waals surface area contributed by atoms with Gasteiger partial charge in [0.2, 0.25) is 17.6 Å². The molecule has 2 saturated heterocycles. The molecular formula is C31H39N9O2S. The first-order valence-corrected chi connectivity index (χ1v) is 15.9. The highest BCUT2D eigenvalue weighted by atomic mass is 32.1. The van der Waals surface area contributed by atoms with Crippen LogP contribution in [-0.4, -0.2) is 89.2 Å². The number of nitrogen functional groups attached to an aromatic ring is 1. The molecule has 0 aromatic carbocycles. The fraction of sp³-hybridized carbons (Fsp3) is 0.516. The van der Waals surface area contributed by atoms with Crippen LogP contribution in [0.3, 0.4) is 0 Å². The number of nitriles is 1. The lowest BCUT2D eigenvalue weighted by Gasteiger charge is -2.39. The summed E-state index contributed by atoms with van der Waals surface area (Å²) >= 11 is 1.49. The minimum absolute atomic E-state index is 0.0376. The molecule has 2 N–H and O–H groups in total. The summed E-state index contributed by atoms with van der Waals surface area (Å²) in [6.45, 7) is 16.5. The van der Waals surface area contributed by atoms with Crippen molar-refractivity contribution in [2.45, 2.75) is 51.5 Å². The first kappa shape index (κ1) is 29.1. The quantitative estimate of drug-likeness (QED) is 0.418. The molecule has 2 fully saturated rings. The second-order valence-electron chi connectivity index (χ2n) is 12.1. The number of fused-ring (bicyclic) bond motifs is 1. The Balaban J connectivity index is 1.34. The Hall–Kier alpha value is -3.95. The Bertz CT molecular complexity index is 1560. The highest BCUT2D eigenvalue weighted by molar-refractivity contribution is 7.16. The van der Waals surface area contributed by atoms with E-state index in [2.05, 4.69) is 59.3 Å². The van der Waals surface area contributed by atoms with E-state index in [4.69, 9.17) is 20.2 Å². The number of aryl methyl sites for hydroxylation is 1. The van der Waals surface area contributed by atoms with Crippen molar-refractivity contribution in [1.29, 1.82) is 5.26 Å². The van der Waals surface area contributed by atoms with Gasteiger partial charge in [-0.15, -0.1) is 11.3 Å². The van der Waals surface area contributed by atoms with Crippen LogP contribution < -0.4 is 15.5 Å². The largest absolute Gasteiger partial charge is 0.389 e. The number of hydrogen-bond acceptors (Lipinski definition) is 11. The van der Waals surface area contributed by atoms with Crippen LogP contribution in [-0.2, 0) is 16.6 Å². The van der Waals surface area contributed by atoms with E-state index in [9.17, 15) is 10.1 Å². The number of piperazine rings is 2. The maximum Gasteiger partial charge on any atom is 0.246 e. The van der Waals surface area contributed by atoms with Crippen LogP contribution in [0.5, 0.6) is 0 Å². The second-order valence-corrected chi connectivity index (χ2v) is 13.2. The fourth-order valence-electron chi connectivity index (χ4n) is 6.60. The van der Waals surface area contributed by atoms with E-state index in [1.165, 1.54) is 17.4 Å². The lowest BCUT2D eigenvalue weighted by atomic mass is 9.72. The van der Waals surface area contributed by atoms with E-state index in [1.54, 1.807) is 0 Å². The number of thiophene rings is 1. The van der Waals surface area contributed by atoms with Crippen molar-refractivity contribution in [1.82, 2.24) is 24.9 Å². The minimum atomic E-state index is -0.598. The van der Waals surface area contributed by atoms with Gasteiger partial charge in [0.15, 0.2) is 0 Å². The van der Waals surface area contributed by atoms with Crippen molar-refractivity contribution in [2.24, 2.45) is 0 Å². The zero-order valence-corrected chi connectivity index (χ0v) is 26.0. The molecule has 3 aliphatic rings. The van der Waals surface area contributed by atoms with Gasteiger partial charge in [0.1, 0.15) is 22.6 Å². The predicted octanol–water partition coefficient (Wildman–Crippen LogP) is 3.65. The lowest BCUT2D eigenvalue weighted by Crippen LogP contribution is -2.49. The molecule has 1 unspecified atom stereocenters. The molecule has 1 amide bonds. The molecule has 0 spiro atoms. The Morgan fingerprint density at radius 3 is 2.53 bits per heavy atom. The van der Waals surface area contributed by atoms with Crippen molar-refractivity contribution in [3.8, 4) is 17.6 Å². The number of pyridine rings is 1. The van der Waals surface area contributed by atoms with Crippen LogP contribution in [0.25, 0.3) is 11.5 Å². The molecule has 11 nitrogen and oxygen atoms in total. The van der Waals surface area contributed by atoms with Gasteiger partial charge in [-0.25, -0.2) is 4.98 Å². The topological polar surface area (TPSA) is 132 Å². The van der Waals surface area contributed by atoms with Crippen molar-refractivity contribution in [3.05, 3.63) is 46.7 Å². The highest BCUT2D eigenvalue weighted by Crippen LogP contribution is 2.48. The summed E-state index contributed by atoms with van der Waals surface area (Å²) in [6.07, 6.45) is 4.01. The molecule has 2 aliphatic heterocycles. The number of rotatable bonds is 6. The summed E-state index contributed by atoms with van der Waals surface area (Å²) in [7, 11) is 0. The molecular weight excluding hydrogens is 562 g/mol. The molecule has 0 saturated carbocycles. The van der Waals surface area contributed by atoms with Gasteiger partial charge in [0, 0.05) is 80.6 Å². The van der Waals surface area contributed by atoms with Crippen LogP contribution in [0.15, 0.2) is 29.3 Å². The first-order chi connectivity index (χ1) is 20.7. The monoisotopic (exact) mass is 601 g/mol. The Kier molecular flexibility index (Phi) is 7.87. The molecule has 5 heterocycles. The van der Waals surface area contributed by atoms with Gasteiger partial charge in [0.05, 0.1) is 11.0 Å². The average molecular weight is 602 g/mol. The van der Waals surface area contributed by atoms with Crippen LogP contribution in [0.1, 0.15) is 55.5 Å². The Morgan fingerprint density at radius 2 is 1.86 bits per heavy atom. The third kappa shape index (κ3) is 5.36. The smallest absolute Gasteiger partial charge is 0.246 e. The molecule has 226 valence electrons. The number of carbonyl (C=O) groups is 1. The van der Waals surface area contributed by atoms with Crippen molar-refractivity contribution < 1.29 is 9.32 Å². The van der Waals surface area contributed by atoms with Gasteiger partial charge in [-0.2, -0.15) is 10.2 Å². The predicted molar refractivity (Wildman–Crippen MR) is 168 cm³/mol. The molecule has 1 atom stereocenters. The van der Waals surface area contributed by atoms with Gasteiger partial charge in [-0.05, 0) is 52.2 Å². The molecule has 3 aromatic rings. The maximum absolute atomic E-state index is 12.2. The van der Waals surface area contributed by atoms with Crippen molar-refractivity contribution in [3.63, 3.8) is 0 Å². The van der Waals surface area contributed by atoms with E-state index >= 15 is 0 Å². The summed E-state index contributed by atoms with van der Waals surface area (Å²) in [5.74, 6) is 1.75. The number of nitrogens with zero attached hydrogens (tertiary/aromatic N) is 8. The SMILES string of the molecule is C=CC(=O)N1CCN(c2cc(-c3noc(C4(C)CCCc5sc(N)c(C#N)c54)n3)nc(N3CCN(C(C)C)CC3)c2)CC1. The van der Waals surface area contributed by atoms with Gasteiger partial charge >= 0.3 is 0 Å². The van der Waals surface area contributed by atoms with E-state index in [0.29, 0.717) is 60.2 Å². The molecule has 0 radical (unpaired) electrons. The number of hydrogen-bond donors (Lipinski definition) is 1. The highest BCUT2D eigenvalue weighted by Gasteiger charge is 2.43. The van der Waals surface area contributed by atoms with E-state index in [1.807, 2.05) is 11.0 Å². The summed E-state index contributed by atoms with van der Waals surface area (Å²) in [5, 5.41) is 14.9. The lowest BCUT2D eigenvalue weighted by molar-refractivity contribution is -0.126. The minimum Gasteiger partial charge on any atom is -0.389 e. The summed E-state index contributed by atoms with van der Waals surface area (Å²) < 4.78 is 5.96. The Morgan fingerprint density at radius 1 is 1.14 bits per heavy atom. The van der Waals surface area contributed by atoms with Crippen molar-refractivity contribution in [2.75, 3.05) is 67.9 Å². The summed E-state index contributed by atoms with van der Waals surface area (Å²) in [6, 6.07) is 6.98.